The van der Waals surface area contributed by atoms with Crippen LogP contribution in [0.2, 0.25) is 0 Å². The highest BCUT2D eigenvalue weighted by Gasteiger charge is 2.38. The molecule has 1 fully saturated rings. The van der Waals surface area contributed by atoms with Crippen molar-refractivity contribution in [1.82, 2.24) is 25.1 Å². The van der Waals surface area contributed by atoms with Gasteiger partial charge in [-0.3, -0.25) is 19.0 Å². The molecule has 42 heavy (non-hydrogen) atoms. The molecule has 11 nitrogen and oxygen atoms in total. The van der Waals surface area contributed by atoms with Gasteiger partial charge in [0.2, 0.25) is 18.2 Å². The minimum absolute atomic E-state index is 0.113. The minimum atomic E-state index is -1.02. The Labute approximate surface area is 247 Å². The topological polar surface area (TPSA) is 149 Å². The Morgan fingerprint density at radius 3 is 2.74 bits per heavy atom. The molecule has 1 aliphatic rings. The van der Waals surface area contributed by atoms with Gasteiger partial charge in [-0.2, -0.15) is 0 Å². The number of para-hydroxylation sites is 1. The number of nitrogens with two attached hydrogens (primary N) is 1. The number of likely N-dealkylation sites (tertiary alicyclic amines) is 1. The molecule has 1 aromatic carbocycles. The van der Waals surface area contributed by atoms with Crippen LogP contribution < -0.4 is 16.4 Å². The fraction of sp³-hybridized carbons (Fsp3) is 0.367. The number of aromatic nitrogens is 2. The Balaban J connectivity index is 1.35. The van der Waals surface area contributed by atoms with Crippen LogP contribution in [0.15, 0.2) is 48.8 Å². The van der Waals surface area contributed by atoms with Crippen molar-refractivity contribution in [3.63, 3.8) is 0 Å². The summed E-state index contributed by atoms with van der Waals surface area (Å²) in [4.78, 5) is 58.4. The van der Waals surface area contributed by atoms with E-state index in [0.29, 0.717) is 49.2 Å². The maximum atomic E-state index is 14.0. The number of hydrogen-bond acceptors (Lipinski definition) is 8. The van der Waals surface area contributed by atoms with E-state index in [9.17, 15) is 19.2 Å². The second kappa shape index (κ2) is 11.8. The number of hydrogen-bond donors (Lipinski definition) is 3. The molecule has 12 heteroatoms. The molecule has 5 rings (SSSR count). The molecule has 0 aliphatic carbocycles. The number of nitrogen functional groups attached to an aromatic ring is 1. The van der Waals surface area contributed by atoms with Crippen LogP contribution in [0.3, 0.4) is 0 Å². The number of nitrogens with one attached hydrogen (secondary N) is 2. The maximum absolute atomic E-state index is 14.0. The Hall–Kier alpha value is -4.45. The van der Waals surface area contributed by atoms with E-state index in [0.717, 1.165) is 20.3 Å². The minimum Gasteiger partial charge on any atom is -0.444 e. The van der Waals surface area contributed by atoms with Crippen LogP contribution >= 0.6 is 11.3 Å². The fourth-order valence-electron chi connectivity index (χ4n) is 5.32. The first-order valence-corrected chi connectivity index (χ1v) is 14.6. The maximum Gasteiger partial charge on any atom is 0.408 e. The molecule has 220 valence electrons. The van der Waals surface area contributed by atoms with Crippen LogP contribution in [0.25, 0.3) is 21.0 Å². The van der Waals surface area contributed by atoms with E-state index in [1.54, 1.807) is 33.2 Å². The van der Waals surface area contributed by atoms with Crippen molar-refractivity contribution >= 4 is 62.5 Å². The summed E-state index contributed by atoms with van der Waals surface area (Å²) in [5.41, 5.74) is 6.62. The first-order valence-electron chi connectivity index (χ1n) is 13.8. The number of rotatable bonds is 8. The van der Waals surface area contributed by atoms with Gasteiger partial charge >= 0.3 is 6.09 Å². The monoisotopic (exact) mass is 590 g/mol. The standard InChI is InChI=1S/C30H34N6O5S/c1-30(2,3)41-29(40)34-22(13-18-16-35(17-37)23-8-5-4-7-20(18)23)28(39)36-12-6-9-24(36)27(38)33-15-19-14-21-25(42-19)10-11-32-26(21)31/h4-5,7-8,10-11,14,16-17,22,24H,6,9,12-13,15H2,1-3H3,(H2,31,32)(H,33,38)(H,34,40). The van der Waals surface area contributed by atoms with Crippen LogP contribution in [0.4, 0.5) is 10.6 Å². The number of alkyl carbamates (subject to hydrolysis) is 1. The zero-order chi connectivity index (χ0) is 30.0. The number of nitrogens with zero attached hydrogens (tertiary/aromatic N) is 3. The van der Waals surface area contributed by atoms with Crippen LogP contribution in [-0.2, 0) is 32.1 Å². The lowest BCUT2D eigenvalue weighted by Gasteiger charge is -2.29. The highest BCUT2D eigenvalue weighted by Crippen LogP contribution is 2.29. The first kappa shape index (κ1) is 29.1. The molecule has 0 radical (unpaired) electrons. The quantitative estimate of drug-likeness (QED) is 0.266. The van der Waals surface area contributed by atoms with Gasteiger partial charge in [0, 0.05) is 45.7 Å². The Morgan fingerprint density at radius 2 is 2.00 bits per heavy atom. The molecule has 2 atom stereocenters. The number of anilines is 1. The SMILES string of the molecule is CC(C)(C)OC(=O)NC(Cc1cn(C=O)c2ccccc12)C(=O)N1CCCC1C(=O)NCc1cc2c(N)nccc2s1. The van der Waals surface area contributed by atoms with Gasteiger partial charge in [0.05, 0.1) is 12.1 Å². The molecule has 4 heterocycles. The molecule has 1 saturated heterocycles. The van der Waals surface area contributed by atoms with E-state index in [1.807, 2.05) is 36.4 Å². The normalized spacial score (nSPS) is 16.0. The molecular formula is C30H34N6O5S. The van der Waals surface area contributed by atoms with E-state index in [-0.39, 0.29) is 18.2 Å². The van der Waals surface area contributed by atoms with Crippen molar-refractivity contribution < 1.29 is 23.9 Å². The van der Waals surface area contributed by atoms with Gasteiger partial charge in [-0.05, 0) is 57.4 Å². The van der Waals surface area contributed by atoms with E-state index in [2.05, 4.69) is 15.6 Å². The molecule has 0 bridgehead atoms. The van der Waals surface area contributed by atoms with Crippen LogP contribution in [0.1, 0.15) is 44.1 Å². The molecule has 3 aromatic heterocycles. The lowest BCUT2D eigenvalue weighted by molar-refractivity contribution is -0.140. The molecule has 0 spiro atoms. The predicted molar refractivity (Wildman–Crippen MR) is 162 cm³/mol. The molecule has 4 N–H and O–H groups in total. The molecule has 1 aliphatic heterocycles. The van der Waals surface area contributed by atoms with Gasteiger partial charge in [0.15, 0.2) is 0 Å². The van der Waals surface area contributed by atoms with Crippen molar-refractivity contribution in [3.05, 3.63) is 59.2 Å². The predicted octanol–water partition coefficient (Wildman–Crippen LogP) is 3.61. The van der Waals surface area contributed by atoms with Crippen molar-refractivity contribution in [2.24, 2.45) is 0 Å². The molecule has 3 amide bonds. The highest BCUT2D eigenvalue weighted by atomic mass is 32.1. The lowest BCUT2D eigenvalue weighted by Crippen LogP contribution is -2.54. The molecular weight excluding hydrogens is 556 g/mol. The van der Waals surface area contributed by atoms with Crippen molar-refractivity contribution in [2.45, 2.75) is 64.3 Å². The molecule has 0 saturated carbocycles. The van der Waals surface area contributed by atoms with Crippen molar-refractivity contribution in [1.29, 1.82) is 0 Å². The van der Waals surface area contributed by atoms with Gasteiger partial charge in [-0.15, -0.1) is 11.3 Å². The smallest absolute Gasteiger partial charge is 0.408 e. The fourth-order valence-corrected chi connectivity index (χ4v) is 6.32. The lowest BCUT2D eigenvalue weighted by atomic mass is 10.0. The number of carbonyl (C=O) groups is 4. The second-order valence-corrected chi connectivity index (χ2v) is 12.5. The number of pyridine rings is 1. The molecule has 2 unspecified atom stereocenters. The Kier molecular flexibility index (Phi) is 8.17. The van der Waals surface area contributed by atoms with E-state index in [4.69, 9.17) is 10.5 Å². The first-order chi connectivity index (χ1) is 20.0. The summed E-state index contributed by atoms with van der Waals surface area (Å²) < 4.78 is 7.88. The average Bonchev–Trinajstić information content (AvgIpc) is 3.68. The van der Waals surface area contributed by atoms with Crippen LogP contribution in [0.5, 0.6) is 0 Å². The Bertz CT molecular complexity index is 1650. The summed E-state index contributed by atoms with van der Waals surface area (Å²) in [6.07, 6.45) is 4.54. The summed E-state index contributed by atoms with van der Waals surface area (Å²) in [7, 11) is 0. The number of amides is 3. The molecule has 4 aromatic rings. The van der Waals surface area contributed by atoms with Gasteiger partial charge in [-0.25, -0.2) is 9.78 Å². The highest BCUT2D eigenvalue weighted by molar-refractivity contribution is 7.19. The summed E-state index contributed by atoms with van der Waals surface area (Å²) in [6, 6.07) is 9.44. The zero-order valence-corrected chi connectivity index (χ0v) is 24.6. The zero-order valence-electron chi connectivity index (χ0n) is 23.8. The van der Waals surface area contributed by atoms with E-state index < -0.39 is 23.8 Å². The van der Waals surface area contributed by atoms with Gasteiger partial charge in [-0.1, -0.05) is 18.2 Å². The summed E-state index contributed by atoms with van der Waals surface area (Å²) in [5.74, 6) is -0.214. The third-order valence-electron chi connectivity index (χ3n) is 7.15. The third-order valence-corrected chi connectivity index (χ3v) is 8.25. The second-order valence-electron chi connectivity index (χ2n) is 11.3. The van der Waals surface area contributed by atoms with Crippen molar-refractivity contribution in [2.75, 3.05) is 12.3 Å². The third kappa shape index (κ3) is 6.23. The van der Waals surface area contributed by atoms with E-state index in [1.165, 1.54) is 20.8 Å². The van der Waals surface area contributed by atoms with Gasteiger partial charge in [0.1, 0.15) is 23.5 Å². The van der Waals surface area contributed by atoms with Crippen LogP contribution in [-0.4, -0.2) is 63.0 Å². The van der Waals surface area contributed by atoms with Crippen molar-refractivity contribution in [3.8, 4) is 0 Å². The largest absolute Gasteiger partial charge is 0.444 e. The summed E-state index contributed by atoms with van der Waals surface area (Å²) in [6.45, 7) is 5.89. The van der Waals surface area contributed by atoms with E-state index >= 15 is 0 Å². The van der Waals surface area contributed by atoms with Gasteiger partial charge in [0.25, 0.3) is 0 Å². The number of thiophene rings is 1. The average molecular weight is 591 g/mol. The summed E-state index contributed by atoms with van der Waals surface area (Å²) >= 11 is 1.52. The number of carbonyl (C=O) groups excluding carboxylic acids is 4. The summed E-state index contributed by atoms with van der Waals surface area (Å²) in [5, 5.41) is 7.33. The number of benzene rings is 1. The Morgan fingerprint density at radius 1 is 1.21 bits per heavy atom. The number of fused-ring (bicyclic) bond motifs is 2. The van der Waals surface area contributed by atoms with Crippen LogP contribution in [0, 0.1) is 0 Å². The van der Waals surface area contributed by atoms with Gasteiger partial charge < -0.3 is 26.0 Å². The number of ether oxygens (including phenoxy) is 1.